The molecular formula is C16H16O5. The smallest absolute Gasteiger partial charge is 0.325 e. The average Bonchev–Trinajstić information content (AvgIpc) is 2.36. The van der Waals surface area contributed by atoms with Crippen LogP contribution in [0, 0.1) is 17.8 Å². The van der Waals surface area contributed by atoms with Crippen molar-refractivity contribution in [1.29, 1.82) is 0 Å². The highest BCUT2D eigenvalue weighted by Crippen LogP contribution is 2.33. The van der Waals surface area contributed by atoms with Crippen molar-refractivity contribution in [3.63, 3.8) is 0 Å². The van der Waals surface area contributed by atoms with Crippen molar-refractivity contribution >= 4 is 11.9 Å². The number of hydrogen-bond donors (Lipinski definition) is 1. The summed E-state index contributed by atoms with van der Waals surface area (Å²) in [5.41, 5.74) is 0.640. The summed E-state index contributed by atoms with van der Waals surface area (Å²) in [6, 6.07) is 6.18. The lowest BCUT2D eigenvalue weighted by molar-refractivity contribution is -0.240. The average molecular weight is 288 g/mol. The molecule has 1 aromatic carbocycles. The van der Waals surface area contributed by atoms with Gasteiger partial charge in [-0.05, 0) is 24.6 Å². The SMILES string of the molecule is CC#C[C@@H](c1ccc(O)cc1)C1C(=O)OC(C)(C)OC1=O. The number of carbonyl (C=O) groups excluding carboxylic acids is 2. The number of aromatic hydroxyl groups is 1. The molecule has 1 atom stereocenters. The van der Waals surface area contributed by atoms with Crippen molar-refractivity contribution in [1.82, 2.24) is 0 Å². The minimum Gasteiger partial charge on any atom is -0.508 e. The molecule has 0 aromatic heterocycles. The summed E-state index contributed by atoms with van der Waals surface area (Å²) < 4.78 is 10.3. The van der Waals surface area contributed by atoms with Crippen LogP contribution in [0.15, 0.2) is 24.3 Å². The van der Waals surface area contributed by atoms with Crippen LogP contribution in [0.1, 0.15) is 32.3 Å². The van der Waals surface area contributed by atoms with Crippen molar-refractivity contribution < 1.29 is 24.2 Å². The van der Waals surface area contributed by atoms with E-state index in [2.05, 4.69) is 11.8 Å². The van der Waals surface area contributed by atoms with E-state index in [0.717, 1.165) is 0 Å². The number of ether oxygens (including phenoxy) is 2. The fraction of sp³-hybridized carbons (Fsp3) is 0.375. The lowest BCUT2D eigenvalue weighted by atomic mass is 9.85. The quantitative estimate of drug-likeness (QED) is 0.511. The minimum atomic E-state index is -1.26. The highest BCUT2D eigenvalue weighted by molar-refractivity contribution is 5.98. The second-order valence-electron chi connectivity index (χ2n) is 5.18. The Morgan fingerprint density at radius 3 is 2.14 bits per heavy atom. The largest absolute Gasteiger partial charge is 0.508 e. The van der Waals surface area contributed by atoms with E-state index in [4.69, 9.17) is 9.47 Å². The molecule has 21 heavy (non-hydrogen) atoms. The molecule has 1 aromatic rings. The summed E-state index contributed by atoms with van der Waals surface area (Å²) in [6.45, 7) is 4.62. The highest BCUT2D eigenvalue weighted by atomic mass is 16.7. The van der Waals surface area contributed by atoms with E-state index in [1.165, 1.54) is 26.0 Å². The third kappa shape index (κ3) is 3.16. The van der Waals surface area contributed by atoms with Crippen LogP contribution in [0.3, 0.4) is 0 Å². The molecule has 1 fully saturated rings. The number of hydrogen-bond acceptors (Lipinski definition) is 5. The van der Waals surface area contributed by atoms with Gasteiger partial charge in [0, 0.05) is 13.8 Å². The molecular weight excluding hydrogens is 272 g/mol. The van der Waals surface area contributed by atoms with Gasteiger partial charge in [0.2, 0.25) is 0 Å². The summed E-state index contributed by atoms with van der Waals surface area (Å²) in [5, 5.41) is 9.33. The third-order valence-electron chi connectivity index (χ3n) is 3.09. The van der Waals surface area contributed by atoms with Crippen LogP contribution in [0.5, 0.6) is 5.75 Å². The molecule has 1 heterocycles. The van der Waals surface area contributed by atoms with Crippen LogP contribution in [0.4, 0.5) is 0 Å². The Morgan fingerprint density at radius 2 is 1.67 bits per heavy atom. The minimum absolute atomic E-state index is 0.0943. The van der Waals surface area contributed by atoms with Crippen molar-refractivity contribution in [2.75, 3.05) is 0 Å². The molecule has 0 saturated carbocycles. The Bertz CT molecular complexity index is 598. The Hall–Kier alpha value is -2.48. The lowest BCUT2D eigenvalue weighted by Crippen LogP contribution is -2.48. The van der Waals surface area contributed by atoms with Gasteiger partial charge in [-0.15, -0.1) is 5.92 Å². The molecule has 0 aliphatic carbocycles. The summed E-state index contributed by atoms with van der Waals surface area (Å²) >= 11 is 0. The van der Waals surface area contributed by atoms with Crippen LogP contribution >= 0.6 is 0 Å². The molecule has 1 saturated heterocycles. The fourth-order valence-electron chi connectivity index (χ4n) is 2.20. The molecule has 5 heteroatoms. The first-order valence-corrected chi connectivity index (χ1v) is 6.51. The highest BCUT2D eigenvalue weighted by Gasteiger charge is 2.47. The lowest BCUT2D eigenvalue weighted by Gasteiger charge is -2.34. The Labute approximate surface area is 122 Å². The van der Waals surface area contributed by atoms with Gasteiger partial charge in [-0.25, -0.2) is 0 Å². The zero-order valence-electron chi connectivity index (χ0n) is 12.0. The number of esters is 2. The van der Waals surface area contributed by atoms with Crippen LogP contribution in [-0.2, 0) is 19.1 Å². The van der Waals surface area contributed by atoms with Gasteiger partial charge < -0.3 is 14.6 Å². The number of phenols is 1. The van der Waals surface area contributed by atoms with Crippen LogP contribution in [0.2, 0.25) is 0 Å². The molecule has 5 nitrogen and oxygen atoms in total. The van der Waals surface area contributed by atoms with Gasteiger partial charge in [0.25, 0.3) is 5.79 Å². The van der Waals surface area contributed by atoms with E-state index in [1.54, 1.807) is 19.1 Å². The zero-order valence-corrected chi connectivity index (χ0v) is 12.0. The van der Waals surface area contributed by atoms with Gasteiger partial charge in [-0.3, -0.25) is 9.59 Å². The number of benzene rings is 1. The van der Waals surface area contributed by atoms with Gasteiger partial charge in [-0.2, -0.15) is 0 Å². The fourth-order valence-corrected chi connectivity index (χ4v) is 2.20. The first-order chi connectivity index (χ1) is 9.84. The van der Waals surface area contributed by atoms with Gasteiger partial charge in [-0.1, -0.05) is 18.1 Å². The van der Waals surface area contributed by atoms with Gasteiger partial charge in [0.15, 0.2) is 5.92 Å². The maximum absolute atomic E-state index is 12.1. The summed E-state index contributed by atoms with van der Waals surface area (Å²) in [5.74, 6) is 1.27. The van der Waals surface area contributed by atoms with Crippen molar-refractivity contribution in [3.8, 4) is 17.6 Å². The van der Waals surface area contributed by atoms with Gasteiger partial charge >= 0.3 is 11.9 Å². The molecule has 1 N–H and O–H groups in total. The Morgan fingerprint density at radius 1 is 1.14 bits per heavy atom. The van der Waals surface area contributed by atoms with E-state index in [0.29, 0.717) is 5.56 Å². The van der Waals surface area contributed by atoms with Crippen LogP contribution < -0.4 is 0 Å². The van der Waals surface area contributed by atoms with Gasteiger partial charge in [0.05, 0.1) is 5.92 Å². The number of phenolic OH excluding ortho intramolecular Hbond substituents is 1. The van der Waals surface area contributed by atoms with E-state index in [-0.39, 0.29) is 5.75 Å². The molecule has 0 unspecified atom stereocenters. The van der Waals surface area contributed by atoms with Crippen LogP contribution in [0.25, 0.3) is 0 Å². The molecule has 0 bridgehead atoms. The second-order valence-corrected chi connectivity index (χ2v) is 5.18. The topological polar surface area (TPSA) is 72.8 Å². The van der Waals surface area contributed by atoms with Crippen molar-refractivity contribution in [3.05, 3.63) is 29.8 Å². The normalized spacial score (nSPS) is 19.0. The summed E-state index contributed by atoms with van der Waals surface area (Å²) in [7, 11) is 0. The molecule has 0 amide bonds. The maximum atomic E-state index is 12.1. The molecule has 0 radical (unpaired) electrons. The van der Waals surface area contributed by atoms with Crippen molar-refractivity contribution in [2.45, 2.75) is 32.5 Å². The molecule has 2 rings (SSSR count). The first-order valence-electron chi connectivity index (χ1n) is 6.51. The maximum Gasteiger partial charge on any atom is 0.325 e. The van der Waals surface area contributed by atoms with E-state index < -0.39 is 29.6 Å². The van der Waals surface area contributed by atoms with Gasteiger partial charge in [0.1, 0.15) is 5.75 Å². The summed E-state index contributed by atoms with van der Waals surface area (Å²) in [4.78, 5) is 24.3. The standard InChI is InChI=1S/C16H16O5/c1-4-5-12(10-6-8-11(17)9-7-10)13-14(18)20-16(2,3)21-15(13)19/h6-9,12-13,17H,1-3H3/t12-/m0/s1. The zero-order chi connectivity index (χ0) is 15.6. The monoisotopic (exact) mass is 288 g/mol. The second kappa shape index (κ2) is 5.49. The third-order valence-corrected chi connectivity index (χ3v) is 3.09. The Balaban J connectivity index is 2.38. The molecule has 1 aliphatic rings. The van der Waals surface area contributed by atoms with E-state index >= 15 is 0 Å². The molecule has 1 aliphatic heterocycles. The summed E-state index contributed by atoms with van der Waals surface area (Å²) in [6.07, 6.45) is 0. The number of cyclic esters (lactones) is 2. The predicted molar refractivity (Wildman–Crippen MR) is 74.1 cm³/mol. The van der Waals surface area contributed by atoms with Crippen molar-refractivity contribution in [2.24, 2.45) is 5.92 Å². The first kappa shape index (κ1) is 14.9. The van der Waals surface area contributed by atoms with E-state index in [1.807, 2.05) is 0 Å². The number of carbonyl (C=O) groups is 2. The molecule has 110 valence electrons. The Kier molecular flexibility index (Phi) is 3.90. The van der Waals surface area contributed by atoms with Crippen LogP contribution in [-0.4, -0.2) is 22.8 Å². The number of rotatable bonds is 2. The predicted octanol–water partition coefficient (Wildman–Crippen LogP) is 1.95. The van der Waals surface area contributed by atoms with E-state index in [9.17, 15) is 14.7 Å². The molecule has 0 spiro atoms.